The van der Waals surface area contributed by atoms with Crippen LogP contribution in [-0.2, 0) is 6.54 Å². The van der Waals surface area contributed by atoms with Gasteiger partial charge in [-0.15, -0.1) is 0 Å². The number of rotatable bonds is 12. The predicted molar refractivity (Wildman–Crippen MR) is 133 cm³/mol. The molecule has 2 aromatic rings. The maximum absolute atomic E-state index is 13.4. The number of non-ortho nitro benzene ring substituents is 1. The molecule has 1 aromatic carbocycles. The molecule has 2 rings (SSSR count). The van der Waals surface area contributed by atoms with Crippen molar-refractivity contribution in [2.75, 3.05) is 6.61 Å². The number of allylic oxidation sites excluding steroid dienone is 3. The van der Waals surface area contributed by atoms with E-state index in [-0.39, 0.29) is 29.7 Å². The Hall–Kier alpha value is -3.09. The van der Waals surface area contributed by atoms with Gasteiger partial charge in [0, 0.05) is 24.1 Å². The van der Waals surface area contributed by atoms with Crippen LogP contribution in [0.5, 0.6) is 11.5 Å². The van der Waals surface area contributed by atoms with Gasteiger partial charge in [0.2, 0.25) is 5.75 Å². The Labute approximate surface area is 195 Å². The van der Waals surface area contributed by atoms with Gasteiger partial charge in [-0.05, 0) is 66.0 Å². The fourth-order valence-corrected chi connectivity index (χ4v) is 3.48. The van der Waals surface area contributed by atoms with Gasteiger partial charge in [-0.2, -0.15) is 0 Å². The van der Waals surface area contributed by atoms with E-state index in [0.29, 0.717) is 23.2 Å². The first-order valence-corrected chi connectivity index (χ1v) is 11.6. The Morgan fingerprint density at radius 2 is 1.91 bits per heavy atom. The Balaban J connectivity index is 2.54. The maximum atomic E-state index is 13.4. The first-order valence-electron chi connectivity index (χ1n) is 11.6. The Bertz CT molecular complexity index is 1090. The molecule has 0 fully saturated rings. The largest absolute Gasteiger partial charge is 0.485 e. The third kappa shape index (κ3) is 7.20. The minimum Gasteiger partial charge on any atom is -0.485 e. The monoisotopic (exact) mass is 456 g/mol. The zero-order chi connectivity index (χ0) is 24.5. The lowest BCUT2D eigenvalue weighted by molar-refractivity contribution is -0.384. The van der Waals surface area contributed by atoms with Crippen molar-refractivity contribution in [2.24, 2.45) is 0 Å². The number of aromatic nitrogens is 1. The van der Waals surface area contributed by atoms with Gasteiger partial charge in [-0.1, -0.05) is 30.6 Å². The van der Waals surface area contributed by atoms with Gasteiger partial charge in [0.05, 0.1) is 16.5 Å². The minimum absolute atomic E-state index is 0.0642. The molecule has 0 saturated carbocycles. The van der Waals surface area contributed by atoms with Crippen molar-refractivity contribution in [2.45, 2.75) is 79.9 Å². The van der Waals surface area contributed by atoms with Crippen molar-refractivity contribution < 1.29 is 14.4 Å². The summed E-state index contributed by atoms with van der Waals surface area (Å²) in [6, 6.07) is 4.52. The summed E-state index contributed by atoms with van der Waals surface area (Å²) in [6.07, 6.45) is 7.52. The lowest BCUT2D eigenvalue weighted by Gasteiger charge is -2.19. The van der Waals surface area contributed by atoms with Crippen LogP contribution in [0.3, 0.4) is 0 Å². The van der Waals surface area contributed by atoms with Crippen LogP contribution in [0.4, 0.5) is 5.69 Å². The van der Waals surface area contributed by atoms with E-state index in [4.69, 9.17) is 9.47 Å². The summed E-state index contributed by atoms with van der Waals surface area (Å²) < 4.78 is 13.6. The Morgan fingerprint density at radius 1 is 1.18 bits per heavy atom. The van der Waals surface area contributed by atoms with E-state index < -0.39 is 4.92 Å². The van der Waals surface area contributed by atoms with Crippen molar-refractivity contribution in [3.8, 4) is 11.5 Å². The molecule has 0 bridgehead atoms. The molecular formula is C26H36N2O5. The van der Waals surface area contributed by atoms with Gasteiger partial charge in [0.15, 0.2) is 5.75 Å². The second-order valence-electron chi connectivity index (χ2n) is 8.78. The molecule has 7 heteroatoms. The topological polar surface area (TPSA) is 83.6 Å². The van der Waals surface area contributed by atoms with Gasteiger partial charge in [0.1, 0.15) is 6.61 Å². The second kappa shape index (κ2) is 12.2. The molecule has 0 aliphatic carbocycles. The Morgan fingerprint density at radius 3 is 2.52 bits per heavy atom. The summed E-state index contributed by atoms with van der Waals surface area (Å²) in [4.78, 5) is 24.3. The molecule has 0 radical (unpaired) electrons. The van der Waals surface area contributed by atoms with E-state index in [2.05, 4.69) is 26.8 Å². The van der Waals surface area contributed by atoms with Gasteiger partial charge in [-0.3, -0.25) is 14.9 Å². The number of nitro benzene ring substituents is 1. The molecule has 0 saturated heterocycles. The summed E-state index contributed by atoms with van der Waals surface area (Å²) in [5, 5.41) is 12.0. The highest BCUT2D eigenvalue weighted by atomic mass is 16.6. The molecule has 0 atom stereocenters. The SMILES string of the molecule is CCCCn1c(=O)c(OC(C)C)c(OC/C=C(\C)CCC=C(C)C)c2ccc([N+](=O)[O-])cc21. The summed E-state index contributed by atoms with van der Waals surface area (Å²) in [6.45, 7) is 12.7. The van der Waals surface area contributed by atoms with E-state index in [0.717, 1.165) is 25.7 Å². The number of fused-ring (bicyclic) bond motifs is 1. The molecular weight excluding hydrogens is 420 g/mol. The van der Waals surface area contributed by atoms with E-state index >= 15 is 0 Å². The normalized spacial score (nSPS) is 11.7. The van der Waals surface area contributed by atoms with E-state index in [1.54, 1.807) is 10.6 Å². The van der Waals surface area contributed by atoms with E-state index in [1.165, 1.54) is 23.3 Å². The highest BCUT2D eigenvalue weighted by Gasteiger charge is 2.22. The van der Waals surface area contributed by atoms with Crippen LogP contribution in [0, 0.1) is 10.1 Å². The third-order valence-electron chi connectivity index (χ3n) is 5.21. The maximum Gasteiger partial charge on any atom is 0.297 e. The molecule has 0 aliphatic rings. The van der Waals surface area contributed by atoms with Crippen LogP contribution in [0.15, 0.2) is 46.3 Å². The fourth-order valence-electron chi connectivity index (χ4n) is 3.48. The van der Waals surface area contributed by atoms with Gasteiger partial charge in [-0.25, -0.2) is 0 Å². The highest BCUT2D eigenvalue weighted by molar-refractivity contribution is 5.89. The number of pyridine rings is 1. The number of nitro groups is 1. The summed E-state index contributed by atoms with van der Waals surface area (Å²) in [5.74, 6) is 0.484. The quantitative estimate of drug-likeness (QED) is 0.205. The number of aryl methyl sites for hydroxylation is 1. The number of nitrogens with zero attached hydrogens (tertiary/aromatic N) is 2. The molecule has 0 spiro atoms. The van der Waals surface area contributed by atoms with Crippen molar-refractivity contribution in [3.63, 3.8) is 0 Å². The number of unbranched alkanes of at least 4 members (excludes halogenated alkanes) is 1. The standard InChI is InChI=1S/C26H36N2O5/c1-7-8-15-27-23-17-21(28(30)31)12-13-22(23)24(25(26(27)29)33-19(4)5)32-16-14-20(6)11-9-10-18(2)3/h10,12-14,17,19H,7-9,11,15-16H2,1-6H3/b20-14+. The molecule has 0 unspecified atom stereocenters. The fraction of sp³-hybridized carbons (Fsp3) is 0.500. The van der Waals surface area contributed by atoms with Crippen LogP contribution in [0.2, 0.25) is 0 Å². The average molecular weight is 457 g/mol. The minimum atomic E-state index is -0.453. The smallest absolute Gasteiger partial charge is 0.297 e. The Kier molecular flexibility index (Phi) is 9.70. The van der Waals surface area contributed by atoms with Crippen LogP contribution in [0.1, 0.15) is 67.2 Å². The molecule has 33 heavy (non-hydrogen) atoms. The summed E-state index contributed by atoms with van der Waals surface area (Å²) >= 11 is 0. The van der Waals surface area contributed by atoms with Crippen LogP contribution >= 0.6 is 0 Å². The molecule has 7 nitrogen and oxygen atoms in total. The third-order valence-corrected chi connectivity index (χ3v) is 5.21. The van der Waals surface area contributed by atoms with Crippen LogP contribution < -0.4 is 15.0 Å². The predicted octanol–water partition coefficient (Wildman–Crippen LogP) is 6.57. The van der Waals surface area contributed by atoms with Crippen LogP contribution in [-0.4, -0.2) is 22.2 Å². The molecule has 0 amide bonds. The average Bonchev–Trinajstić information content (AvgIpc) is 2.74. The lowest BCUT2D eigenvalue weighted by Crippen LogP contribution is -2.25. The molecule has 1 heterocycles. The number of hydrogen-bond donors (Lipinski definition) is 0. The number of benzene rings is 1. The summed E-state index contributed by atoms with van der Waals surface area (Å²) in [5.41, 5.74) is 2.57. The highest BCUT2D eigenvalue weighted by Crippen LogP contribution is 2.35. The summed E-state index contributed by atoms with van der Waals surface area (Å²) in [7, 11) is 0. The first kappa shape index (κ1) is 26.2. The molecule has 0 N–H and O–H groups in total. The van der Waals surface area contributed by atoms with Gasteiger partial charge < -0.3 is 14.0 Å². The zero-order valence-electron chi connectivity index (χ0n) is 20.6. The van der Waals surface area contributed by atoms with E-state index in [9.17, 15) is 14.9 Å². The molecule has 180 valence electrons. The van der Waals surface area contributed by atoms with Crippen molar-refractivity contribution in [1.29, 1.82) is 0 Å². The van der Waals surface area contributed by atoms with Crippen molar-refractivity contribution >= 4 is 16.6 Å². The lowest BCUT2D eigenvalue weighted by atomic mass is 10.1. The van der Waals surface area contributed by atoms with Crippen molar-refractivity contribution in [1.82, 2.24) is 4.57 Å². The number of hydrogen-bond acceptors (Lipinski definition) is 5. The van der Waals surface area contributed by atoms with Gasteiger partial charge in [0.25, 0.3) is 11.2 Å². The van der Waals surface area contributed by atoms with E-state index in [1.807, 2.05) is 26.8 Å². The number of ether oxygens (including phenoxy) is 2. The second-order valence-corrected chi connectivity index (χ2v) is 8.78. The van der Waals surface area contributed by atoms with Crippen LogP contribution in [0.25, 0.3) is 10.9 Å². The first-order chi connectivity index (χ1) is 15.6. The zero-order valence-corrected chi connectivity index (χ0v) is 20.6. The molecule has 0 aliphatic heterocycles. The van der Waals surface area contributed by atoms with Gasteiger partial charge >= 0.3 is 0 Å². The molecule has 1 aromatic heterocycles. The van der Waals surface area contributed by atoms with Crippen molar-refractivity contribution in [3.05, 3.63) is 62.0 Å².